The first-order valence-electron chi connectivity index (χ1n) is 9.30. The van der Waals surface area contributed by atoms with Gasteiger partial charge in [-0.2, -0.15) is 5.10 Å². The van der Waals surface area contributed by atoms with Crippen LogP contribution in [0.3, 0.4) is 0 Å². The molecule has 5 rings (SSSR count). The number of benzene rings is 1. The summed E-state index contributed by atoms with van der Waals surface area (Å²) >= 11 is 5.91. The summed E-state index contributed by atoms with van der Waals surface area (Å²) < 4.78 is 14.7. The quantitative estimate of drug-likeness (QED) is 0.537. The van der Waals surface area contributed by atoms with Crippen LogP contribution in [-0.2, 0) is 13.0 Å². The number of hydrogen-bond donors (Lipinski definition) is 1. The van der Waals surface area contributed by atoms with Crippen molar-refractivity contribution in [2.45, 2.75) is 13.0 Å². The highest BCUT2D eigenvalue weighted by Gasteiger charge is 2.27. The van der Waals surface area contributed by atoms with Gasteiger partial charge in [0.2, 0.25) is 0 Å². The normalized spacial score (nSPS) is 13.5. The zero-order valence-corrected chi connectivity index (χ0v) is 16.4. The van der Waals surface area contributed by atoms with Gasteiger partial charge in [-0.1, -0.05) is 23.7 Å². The van der Waals surface area contributed by atoms with Gasteiger partial charge in [0.1, 0.15) is 17.2 Å². The molecule has 1 aromatic carbocycles. The zero-order chi connectivity index (χ0) is 20.8. The minimum atomic E-state index is -0.526. The van der Waals surface area contributed by atoms with Crippen molar-refractivity contribution < 1.29 is 9.18 Å². The minimum Gasteiger partial charge on any atom is -0.332 e. The Kier molecular flexibility index (Phi) is 4.36. The molecule has 4 heterocycles. The maximum absolute atomic E-state index is 13.6. The molecule has 1 N–H and O–H groups in total. The van der Waals surface area contributed by atoms with E-state index >= 15 is 0 Å². The third-order valence-electron chi connectivity index (χ3n) is 5.17. The molecule has 0 unspecified atom stereocenters. The van der Waals surface area contributed by atoms with E-state index in [4.69, 9.17) is 11.6 Å². The molecule has 0 aliphatic carbocycles. The SMILES string of the molecule is O=C(c1cc(-c2ccc(Cl)cc2)n[nH]1)N1CCc2nc3ccc(F)cn3c(=O)c2C1. The Balaban J connectivity index is 1.44. The van der Waals surface area contributed by atoms with Crippen molar-refractivity contribution in [1.29, 1.82) is 0 Å². The Morgan fingerprint density at radius 2 is 1.97 bits per heavy atom. The molecule has 1 aliphatic rings. The van der Waals surface area contributed by atoms with Crippen LogP contribution in [0, 0.1) is 5.82 Å². The summed E-state index contributed by atoms with van der Waals surface area (Å²) in [5.74, 6) is -0.792. The maximum Gasteiger partial charge on any atom is 0.272 e. The summed E-state index contributed by atoms with van der Waals surface area (Å²) in [5, 5.41) is 7.59. The van der Waals surface area contributed by atoms with Gasteiger partial charge in [0.15, 0.2) is 0 Å². The van der Waals surface area contributed by atoms with E-state index < -0.39 is 5.82 Å². The van der Waals surface area contributed by atoms with Gasteiger partial charge in [-0.05, 0) is 30.3 Å². The Labute approximate surface area is 174 Å². The molecule has 150 valence electrons. The highest BCUT2D eigenvalue weighted by Crippen LogP contribution is 2.22. The molecule has 0 atom stereocenters. The van der Waals surface area contributed by atoms with Gasteiger partial charge in [-0.15, -0.1) is 0 Å². The third kappa shape index (κ3) is 3.15. The molecule has 30 heavy (non-hydrogen) atoms. The van der Waals surface area contributed by atoms with Crippen LogP contribution >= 0.6 is 11.6 Å². The molecule has 0 fully saturated rings. The van der Waals surface area contributed by atoms with E-state index in [1.807, 2.05) is 12.1 Å². The van der Waals surface area contributed by atoms with E-state index in [2.05, 4.69) is 15.2 Å². The number of fused-ring (bicyclic) bond motifs is 2. The second-order valence-electron chi connectivity index (χ2n) is 7.07. The fourth-order valence-corrected chi connectivity index (χ4v) is 3.74. The van der Waals surface area contributed by atoms with Crippen molar-refractivity contribution in [3.05, 3.63) is 86.8 Å². The van der Waals surface area contributed by atoms with E-state index in [0.717, 1.165) is 11.8 Å². The van der Waals surface area contributed by atoms with Crippen molar-refractivity contribution >= 4 is 23.2 Å². The second kappa shape index (κ2) is 7.07. The molecule has 3 aromatic heterocycles. The Morgan fingerprint density at radius 3 is 2.77 bits per heavy atom. The minimum absolute atomic E-state index is 0.106. The van der Waals surface area contributed by atoms with Crippen molar-refractivity contribution in [1.82, 2.24) is 24.5 Å². The first-order valence-corrected chi connectivity index (χ1v) is 9.68. The van der Waals surface area contributed by atoms with Gasteiger partial charge < -0.3 is 4.90 Å². The molecule has 1 aliphatic heterocycles. The average molecular weight is 424 g/mol. The van der Waals surface area contributed by atoms with E-state index in [1.54, 1.807) is 23.1 Å². The van der Waals surface area contributed by atoms with Crippen LogP contribution in [0.25, 0.3) is 16.9 Å². The molecule has 7 nitrogen and oxygen atoms in total. The highest BCUT2D eigenvalue weighted by molar-refractivity contribution is 6.30. The largest absolute Gasteiger partial charge is 0.332 e. The molecular formula is C21H15ClFN5O2. The van der Waals surface area contributed by atoms with E-state index in [1.165, 1.54) is 16.5 Å². The molecule has 4 aromatic rings. The number of carbonyl (C=O) groups excluding carboxylic acids is 1. The number of aromatic nitrogens is 4. The van der Waals surface area contributed by atoms with Gasteiger partial charge >= 0.3 is 0 Å². The summed E-state index contributed by atoms with van der Waals surface area (Å²) in [7, 11) is 0. The molecule has 0 spiro atoms. The molecule has 1 amide bonds. The summed E-state index contributed by atoms with van der Waals surface area (Å²) in [6.45, 7) is 0.527. The van der Waals surface area contributed by atoms with E-state index in [-0.39, 0.29) is 18.0 Å². The zero-order valence-electron chi connectivity index (χ0n) is 15.6. The number of aromatic amines is 1. The number of nitrogens with zero attached hydrogens (tertiary/aromatic N) is 4. The average Bonchev–Trinajstić information content (AvgIpc) is 3.24. The number of halogens is 2. The maximum atomic E-state index is 13.6. The van der Waals surface area contributed by atoms with Crippen LogP contribution in [0.2, 0.25) is 5.02 Å². The number of nitrogens with one attached hydrogen (secondary N) is 1. The monoisotopic (exact) mass is 423 g/mol. The lowest BCUT2D eigenvalue weighted by Crippen LogP contribution is -2.40. The molecular weight excluding hydrogens is 409 g/mol. The van der Waals surface area contributed by atoms with Crippen molar-refractivity contribution in [2.24, 2.45) is 0 Å². The second-order valence-corrected chi connectivity index (χ2v) is 7.50. The fraction of sp³-hybridized carbons (Fsp3) is 0.143. The van der Waals surface area contributed by atoms with Crippen molar-refractivity contribution in [3.8, 4) is 11.3 Å². The van der Waals surface area contributed by atoms with E-state index in [9.17, 15) is 14.0 Å². The molecule has 0 saturated carbocycles. The lowest BCUT2D eigenvalue weighted by Gasteiger charge is -2.27. The number of pyridine rings is 1. The predicted octanol–water partition coefficient (Wildman–Crippen LogP) is 3.08. The molecule has 0 saturated heterocycles. The lowest BCUT2D eigenvalue weighted by atomic mass is 10.1. The lowest BCUT2D eigenvalue weighted by molar-refractivity contribution is 0.0726. The summed E-state index contributed by atoms with van der Waals surface area (Å²) in [5.41, 5.74) is 2.84. The first-order chi connectivity index (χ1) is 14.5. The molecule has 0 bridgehead atoms. The summed E-state index contributed by atoms with van der Waals surface area (Å²) in [4.78, 5) is 31.8. The van der Waals surface area contributed by atoms with Gasteiger partial charge in [0.25, 0.3) is 11.5 Å². The van der Waals surface area contributed by atoms with E-state index in [0.29, 0.717) is 46.3 Å². The van der Waals surface area contributed by atoms with Gasteiger partial charge in [0.05, 0.1) is 23.5 Å². The number of hydrogen-bond acceptors (Lipinski definition) is 4. The standard InChI is InChI=1S/C21H15ClFN5O2/c22-13-3-1-12(2-4-13)17-9-18(26-25-17)21(30)27-8-7-16-15(11-27)20(29)28-10-14(23)5-6-19(28)24-16/h1-6,9-10H,7-8,11H2,(H,25,26). The van der Waals surface area contributed by atoms with Crippen LogP contribution in [0.4, 0.5) is 4.39 Å². The third-order valence-corrected chi connectivity index (χ3v) is 5.42. The Bertz CT molecular complexity index is 1350. The van der Waals surface area contributed by atoms with Gasteiger partial charge in [0, 0.05) is 29.7 Å². The number of carbonyl (C=O) groups is 1. The van der Waals surface area contributed by atoms with Gasteiger partial charge in [-0.25, -0.2) is 9.37 Å². The molecule has 9 heteroatoms. The smallest absolute Gasteiger partial charge is 0.272 e. The van der Waals surface area contributed by atoms with Crippen LogP contribution in [0.5, 0.6) is 0 Å². The van der Waals surface area contributed by atoms with Crippen LogP contribution in [0.1, 0.15) is 21.7 Å². The summed E-state index contributed by atoms with van der Waals surface area (Å²) in [6.07, 6.45) is 1.56. The first kappa shape index (κ1) is 18.5. The highest BCUT2D eigenvalue weighted by atomic mass is 35.5. The van der Waals surface area contributed by atoms with Crippen LogP contribution < -0.4 is 5.56 Å². The number of amides is 1. The topological polar surface area (TPSA) is 83.4 Å². The fourth-order valence-electron chi connectivity index (χ4n) is 3.62. The number of rotatable bonds is 2. The van der Waals surface area contributed by atoms with Crippen LogP contribution in [-0.4, -0.2) is 36.9 Å². The Hall–Kier alpha value is -3.52. The number of H-pyrrole nitrogens is 1. The van der Waals surface area contributed by atoms with Gasteiger partial charge in [-0.3, -0.25) is 19.1 Å². The molecule has 0 radical (unpaired) electrons. The van der Waals surface area contributed by atoms with Crippen molar-refractivity contribution in [2.75, 3.05) is 6.54 Å². The predicted molar refractivity (Wildman–Crippen MR) is 109 cm³/mol. The summed E-state index contributed by atoms with van der Waals surface area (Å²) in [6, 6.07) is 11.6. The Morgan fingerprint density at radius 1 is 1.17 bits per heavy atom. The van der Waals surface area contributed by atoms with Crippen molar-refractivity contribution in [3.63, 3.8) is 0 Å². The van der Waals surface area contributed by atoms with Crippen LogP contribution in [0.15, 0.2) is 53.5 Å².